The van der Waals surface area contributed by atoms with Crippen molar-refractivity contribution in [3.8, 4) is 0 Å². The summed E-state index contributed by atoms with van der Waals surface area (Å²) in [5.41, 5.74) is 2.97. The van der Waals surface area contributed by atoms with Crippen LogP contribution in [-0.4, -0.2) is 62.5 Å². The first-order valence-electron chi connectivity index (χ1n) is 12.0. The third-order valence-corrected chi connectivity index (χ3v) is 8.19. The van der Waals surface area contributed by atoms with Gasteiger partial charge in [0.15, 0.2) is 0 Å². The van der Waals surface area contributed by atoms with E-state index in [0.717, 1.165) is 9.87 Å². The van der Waals surface area contributed by atoms with Gasteiger partial charge < -0.3 is 4.90 Å². The molecule has 0 unspecified atom stereocenters. The zero-order valence-corrected chi connectivity index (χ0v) is 21.9. The molecule has 1 heterocycles. The Bertz CT molecular complexity index is 1400. The number of anilines is 1. The summed E-state index contributed by atoms with van der Waals surface area (Å²) < 4.78 is 25.9. The highest BCUT2D eigenvalue weighted by molar-refractivity contribution is 7.89. The molecule has 1 aliphatic rings. The van der Waals surface area contributed by atoms with E-state index in [0.29, 0.717) is 41.8 Å². The smallest absolute Gasteiger partial charge is 0.261 e. The first-order valence-corrected chi connectivity index (χ1v) is 13.4. The minimum atomic E-state index is -3.60. The fourth-order valence-corrected chi connectivity index (χ4v) is 5.09. The van der Waals surface area contributed by atoms with Crippen molar-refractivity contribution in [2.45, 2.75) is 24.7 Å². The molecule has 0 radical (unpaired) electrons. The van der Waals surface area contributed by atoms with Gasteiger partial charge in [-0.3, -0.25) is 19.3 Å². The second-order valence-corrected chi connectivity index (χ2v) is 11.3. The molecule has 0 N–H and O–H groups in total. The maximum atomic E-state index is 13.5. The first kappa shape index (κ1) is 26.2. The zero-order chi connectivity index (χ0) is 26.7. The Labute approximate surface area is 217 Å². The molecule has 3 aromatic carbocycles. The molecular formula is C28H29N3O5S. The highest BCUT2D eigenvalue weighted by Gasteiger charge is 2.34. The number of hydrogen-bond acceptors (Lipinski definition) is 5. The summed E-state index contributed by atoms with van der Waals surface area (Å²) in [5, 5.41) is 0. The van der Waals surface area contributed by atoms with Crippen molar-refractivity contribution >= 4 is 33.4 Å². The number of fused-ring (bicyclic) bond motifs is 1. The maximum Gasteiger partial charge on any atom is 0.261 e. The molecule has 3 aromatic rings. The number of amides is 3. The van der Waals surface area contributed by atoms with Crippen LogP contribution in [0.15, 0.2) is 77.7 Å². The SMILES string of the molecule is Cc1ccc(N(CCCCN2C(=O)c3ccccc3C2=O)C(=O)c2ccc(S(=O)(=O)N(C)C)cc2)cc1. The third kappa shape index (κ3) is 5.33. The van der Waals surface area contributed by atoms with Crippen molar-refractivity contribution in [3.63, 3.8) is 0 Å². The molecule has 37 heavy (non-hydrogen) atoms. The van der Waals surface area contributed by atoms with Crippen LogP contribution in [0.4, 0.5) is 5.69 Å². The average molecular weight is 520 g/mol. The number of benzene rings is 3. The van der Waals surface area contributed by atoms with Crippen LogP contribution in [0.2, 0.25) is 0 Å². The third-order valence-electron chi connectivity index (χ3n) is 6.36. The lowest BCUT2D eigenvalue weighted by atomic mass is 10.1. The number of unbranched alkanes of at least 4 members (excludes halogenated alkanes) is 1. The van der Waals surface area contributed by atoms with Crippen LogP contribution in [0.3, 0.4) is 0 Å². The predicted octanol–water partition coefficient (Wildman–Crippen LogP) is 3.97. The summed E-state index contributed by atoms with van der Waals surface area (Å²) in [6.45, 7) is 2.59. The van der Waals surface area contributed by atoms with Gasteiger partial charge in [-0.1, -0.05) is 29.8 Å². The van der Waals surface area contributed by atoms with Crippen LogP contribution in [0, 0.1) is 6.92 Å². The van der Waals surface area contributed by atoms with Gasteiger partial charge in [-0.25, -0.2) is 12.7 Å². The minimum absolute atomic E-state index is 0.108. The van der Waals surface area contributed by atoms with E-state index in [-0.39, 0.29) is 29.2 Å². The van der Waals surface area contributed by atoms with E-state index in [4.69, 9.17) is 0 Å². The van der Waals surface area contributed by atoms with E-state index < -0.39 is 10.0 Å². The fraction of sp³-hybridized carbons (Fsp3) is 0.250. The molecule has 9 heteroatoms. The van der Waals surface area contributed by atoms with Crippen LogP contribution in [0.1, 0.15) is 49.5 Å². The Morgan fingerprint density at radius 3 is 1.92 bits per heavy atom. The molecule has 0 fully saturated rings. The highest BCUT2D eigenvalue weighted by atomic mass is 32.2. The number of nitrogens with zero attached hydrogens (tertiary/aromatic N) is 3. The van der Waals surface area contributed by atoms with Crippen LogP contribution in [0.25, 0.3) is 0 Å². The molecule has 0 spiro atoms. The Hall–Kier alpha value is -3.82. The number of aryl methyl sites for hydroxylation is 1. The molecule has 0 saturated heterocycles. The van der Waals surface area contributed by atoms with Crippen LogP contribution >= 0.6 is 0 Å². The van der Waals surface area contributed by atoms with Crippen LogP contribution in [0.5, 0.6) is 0 Å². The highest BCUT2D eigenvalue weighted by Crippen LogP contribution is 2.24. The van der Waals surface area contributed by atoms with E-state index in [1.165, 1.54) is 43.3 Å². The topological polar surface area (TPSA) is 95.1 Å². The predicted molar refractivity (Wildman–Crippen MR) is 141 cm³/mol. The van der Waals surface area contributed by atoms with Crippen molar-refractivity contribution in [3.05, 3.63) is 95.1 Å². The summed E-state index contributed by atoms with van der Waals surface area (Å²) >= 11 is 0. The van der Waals surface area contributed by atoms with Gasteiger partial charge in [-0.15, -0.1) is 0 Å². The quantitative estimate of drug-likeness (QED) is 0.315. The van der Waals surface area contributed by atoms with E-state index >= 15 is 0 Å². The molecule has 192 valence electrons. The molecule has 0 aliphatic carbocycles. The van der Waals surface area contributed by atoms with Crippen LogP contribution in [-0.2, 0) is 10.0 Å². The van der Waals surface area contributed by atoms with Gasteiger partial charge in [0.2, 0.25) is 10.0 Å². The van der Waals surface area contributed by atoms with E-state index in [9.17, 15) is 22.8 Å². The Kier molecular flexibility index (Phi) is 7.56. The van der Waals surface area contributed by atoms with Crippen LogP contribution < -0.4 is 4.90 Å². The molecule has 1 aliphatic heterocycles. The van der Waals surface area contributed by atoms with Crippen molar-refractivity contribution in [2.24, 2.45) is 0 Å². The number of rotatable bonds is 9. The van der Waals surface area contributed by atoms with E-state index in [1.54, 1.807) is 29.2 Å². The van der Waals surface area contributed by atoms with Crippen molar-refractivity contribution < 1.29 is 22.8 Å². The maximum absolute atomic E-state index is 13.5. The summed E-state index contributed by atoms with van der Waals surface area (Å²) in [6.07, 6.45) is 1.08. The Morgan fingerprint density at radius 2 is 1.38 bits per heavy atom. The first-order chi connectivity index (χ1) is 17.6. The minimum Gasteiger partial charge on any atom is -0.308 e. The van der Waals surface area contributed by atoms with Gasteiger partial charge in [-0.2, -0.15) is 0 Å². The average Bonchev–Trinajstić information content (AvgIpc) is 3.14. The molecule has 8 nitrogen and oxygen atoms in total. The Balaban J connectivity index is 1.47. The number of carbonyl (C=O) groups is 3. The number of carbonyl (C=O) groups excluding carboxylic acids is 3. The van der Waals surface area contributed by atoms with Gasteiger partial charge in [0.1, 0.15) is 0 Å². The normalized spacial score (nSPS) is 13.2. The molecular weight excluding hydrogens is 490 g/mol. The van der Waals surface area contributed by atoms with Gasteiger partial charge in [0.25, 0.3) is 17.7 Å². The van der Waals surface area contributed by atoms with Gasteiger partial charge in [-0.05, 0) is 68.3 Å². The number of imide groups is 1. The standard InChI is InChI=1S/C28H29N3O5S/c1-20-10-14-22(15-11-20)30(26(32)21-12-16-23(17-13-21)37(35,36)29(2)3)18-6-7-19-31-27(33)24-8-4-5-9-25(24)28(31)34/h4-5,8-17H,6-7,18-19H2,1-3H3. The zero-order valence-electron chi connectivity index (χ0n) is 21.0. The molecule has 3 amide bonds. The van der Waals surface area contributed by atoms with E-state index in [2.05, 4.69) is 0 Å². The molecule has 0 aromatic heterocycles. The fourth-order valence-electron chi connectivity index (χ4n) is 4.19. The summed E-state index contributed by atoms with van der Waals surface area (Å²) in [4.78, 5) is 41.7. The number of hydrogen-bond donors (Lipinski definition) is 0. The van der Waals surface area contributed by atoms with Gasteiger partial charge in [0, 0.05) is 38.4 Å². The van der Waals surface area contributed by atoms with Crippen molar-refractivity contribution in [2.75, 3.05) is 32.1 Å². The summed E-state index contributed by atoms with van der Waals surface area (Å²) in [5.74, 6) is -0.849. The largest absolute Gasteiger partial charge is 0.308 e. The number of sulfonamides is 1. The second-order valence-electron chi connectivity index (χ2n) is 9.12. The second kappa shape index (κ2) is 10.7. The van der Waals surface area contributed by atoms with E-state index in [1.807, 2.05) is 31.2 Å². The molecule has 0 atom stereocenters. The van der Waals surface area contributed by atoms with Crippen molar-refractivity contribution in [1.82, 2.24) is 9.21 Å². The summed E-state index contributed by atoms with van der Waals surface area (Å²) in [7, 11) is -0.695. The lowest BCUT2D eigenvalue weighted by Gasteiger charge is -2.24. The molecule has 0 bridgehead atoms. The van der Waals surface area contributed by atoms with Gasteiger partial charge in [0.05, 0.1) is 16.0 Å². The van der Waals surface area contributed by atoms with Crippen molar-refractivity contribution in [1.29, 1.82) is 0 Å². The molecule has 4 rings (SSSR count). The van der Waals surface area contributed by atoms with Gasteiger partial charge >= 0.3 is 0 Å². The lowest BCUT2D eigenvalue weighted by molar-refractivity contribution is 0.0651. The lowest BCUT2D eigenvalue weighted by Crippen LogP contribution is -2.34. The molecule has 0 saturated carbocycles. The monoisotopic (exact) mass is 519 g/mol. The summed E-state index contributed by atoms with van der Waals surface area (Å²) in [6, 6.07) is 20.2. The Morgan fingerprint density at radius 1 is 0.811 bits per heavy atom.